The number of carboxylic acids is 1. The van der Waals surface area contributed by atoms with E-state index in [4.69, 9.17) is 0 Å². The number of carboxylic acid groups (broad SMARTS) is 1. The van der Waals surface area contributed by atoms with Crippen LogP contribution in [0.15, 0.2) is 11.6 Å². The van der Waals surface area contributed by atoms with Crippen molar-refractivity contribution in [3.05, 3.63) is 11.6 Å². The van der Waals surface area contributed by atoms with Crippen molar-refractivity contribution in [1.82, 2.24) is 0 Å². The Morgan fingerprint density at radius 1 is 1.11 bits per heavy atom. The van der Waals surface area contributed by atoms with E-state index in [2.05, 4.69) is 6.08 Å². The van der Waals surface area contributed by atoms with E-state index >= 15 is 0 Å². The topological polar surface area (TPSA) is 37.3 Å². The normalized spacial score (nSPS) is 42.6. The Hall–Kier alpha value is -0.790. The van der Waals surface area contributed by atoms with Gasteiger partial charge < -0.3 is 5.11 Å². The molecule has 4 fully saturated rings. The number of hydrogen-bond donors (Lipinski definition) is 1. The molecule has 0 aliphatic heterocycles. The van der Waals surface area contributed by atoms with Gasteiger partial charge >= 0.3 is 5.97 Å². The highest BCUT2D eigenvalue weighted by molar-refractivity contribution is 5.87. The van der Waals surface area contributed by atoms with Crippen LogP contribution in [0.4, 0.5) is 0 Å². The molecule has 4 saturated carbocycles. The van der Waals surface area contributed by atoms with Gasteiger partial charge in [-0.2, -0.15) is 0 Å². The Morgan fingerprint density at radius 3 is 1.89 bits per heavy atom. The molecule has 100 valence electrons. The third-order valence-corrected chi connectivity index (χ3v) is 5.42. The summed E-state index contributed by atoms with van der Waals surface area (Å²) in [5.41, 5.74) is 0.893. The standard InChI is InChI=1S/C16H24O2/c1-10(2)14(15(17)18)9-16-6-11-3-12(7-16)5-13(4-11)8-16/h9-13H,3-8H2,1-2H3,(H,17,18). The summed E-state index contributed by atoms with van der Waals surface area (Å²) in [6.45, 7) is 4.00. The second-order valence-electron chi connectivity index (χ2n) is 7.34. The van der Waals surface area contributed by atoms with E-state index < -0.39 is 5.97 Å². The summed E-state index contributed by atoms with van der Waals surface area (Å²) in [6, 6.07) is 0. The van der Waals surface area contributed by atoms with Crippen LogP contribution in [0.25, 0.3) is 0 Å². The Labute approximate surface area is 109 Å². The van der Waals surface area contributed by atoms with Crippen molar-refractivity contribution in [2.24, 2.45) is 29.1 Å². The molecule has 4 bridgehead atoms. The van der Waals surface area contributed by atoms with Crippen LogP contribution in [0.5, 0.6) is 0 Å². The molecule has 18 heavy (non-hydrogen) atoms. The lowest BCUT2D eigenvalue weighted by atomic mass is 9.49. The molecule has 4 aliphatic rings. The molecule has 0 aromatic heterocycles. The van der Waals surface area contributed by atoms with Crippen LogP contribution in [0.3, 0.4) is 0 Å². The van der Waals surface area contributed by atoms with Gasteiger partial charge in [0.15, 0.2) is 0 Å². The third kappa shape index (κ3) is 2.00. The quantitative estimate of drug-likeness (QED) is 0.770. The highest BCUT2D eigenvalue weighted by atomic mass is 16.4. The molecule has 2 heteroatoms. The maximum atomic E-state index is 11.4. The second-order valence-corrected chi connectivity index (χ2v) is 7.34. The Balaban J connectivity index is 1.91. The van der Waals surface area contributed by atoms with Gasteiger partial charge in [-0.25, -0.2) is 4.79 Å². The summed E-state index contributed by atoms with van der Waals surface area (Å²) in [5.74, 6) is 2.08. The Bertz CT molecular complexity index is 357. The minimum atomic E-state index is -0.708. The smallest absolute Gasteiger partial charge is 0.331 e. The first-order valence-corrected chi connectivity index (χ1v) is 7.43. The number of aliphatic carboxylic acids is 1. The van der Waals surface area contributed by atoms with Crippen LogP contribution >= 0.6 is 0 Å². The highest BCUT2D eigenvalue weighted by Gasteiger charge is 2.50. The van der Waals surface area contributed by atoms with E-state index in [0.717, 1.165) is 17.8 Å². The van der Waals surface area contributed by atoms with Crippen molar-refractivity contribution < 1.29 is 9.90 Å². The molecular weight excluding hydrogens is 224 g/mol. The van der Waals surface area contributed by atoms with Crippen LogP contribution in [0.1, 0.15) is 52.4 Å². The van der Waals surface area contributed by atoms with Crippen molar-refractivity contribution in [1.29, 1.82) is 0 Å². The Kier molecular flexibility index (Phi) is 2.80. The number of hydrogen-bond acceptors (Lipinski definition) is 1. The van der Waals surface area contributed by atoms with E-state index in [-0.39, 0.29) is 11.3 Å². The number of rotatable bonds is 3. The summed E-state index contributed by atoms with van der Waals surface area (Å²) in [7, 11) is 0. The lowest BCUT2D eigenvalue weighted by Crippen LogP contribution is -2.45. The molecule has 0 aromatic carbocycles. The van der Waals surface area contributed by atoms with Gasteiger partial charge in [-0.05, 0) is 67.6 Å². The van der Waals surface area contributed by atoms with Gasteiger partial charge in [0.25, 0.3) is 0 Å². The summed E-state index contributed by atoms with van der Waals surface area (Å²) >= 11 is 0. The maximum Gasteiger partial charge on any atom is 0.331 e. The number of carbonyl (C=O) groups is 1. The maximum absolute atomic E-state index is 11.4. The van der Waals surface area contributed by atoms with Crippen LogP contribution < -0.4 is 0 Å². The van der Waals surface area contributed by atoms with Crippen LogP contribution in [0, 0.1) is 29.1 Å². The predicted molar refractivity (Wildman–Crippen MR) is 71.2 cm³/mol. The van der Waals surface area contributed by atoms with Gasteiger partial charge in [0.2, 0.25) is 0 Å². The van der Waals surface area contributed by atoms with Gasteiger partial charge in [-0.1, -0.05) is 19.9 Å². The van der Waals surface area contributed by atoms with Crippen molar-refractivity contribution in [2.45, 2.75) is 52.4 Å². The summed E-state index contributed by atoms with van der Waals surface area (Å²) in [6.07, 6.45) is 10.2. The summed E-state index contributed by atoms with van der Waals surface area (Å²) < 4.78 is 0. The van der Waals surface area contributed by atoms with Crippen molar-refractivity contribution >= 4 is 5.97 Å². The molecule has 0 aromatic rings. The predicted octanol–water partition coefficient (Wildman–Crippen LogP) is 3.87. The SMILES string of the molecule is CC(C)C(=CC12CC3CC(CC(C3)C1)C2)C(=O)O. The average Bonchev–Trinajstić information content (AvgIpc) is 2.23. The third-order valence-electron chi connectivity index (χ3n) is 5.42. The molecule has 0 radical (unpaired) electrons. The minimum Gasteiger partial charge on any atom is -0.478 e. The van der Waals surface area contributed by atoms with E-state index in [1.165, 1.54) is 38.5 Å². The first kappa shape index (κ1) is 12.3. The molecule has 4 aliphatic carbocycles. The summed E-state index contributed by atoms with van der Waals surface area (Å²) in [4.78, 5) is 11.4. The van der Waals surface area contributed by atoms with Gasteiger partial charge in [-0.15, -0.1) is 0 Å². The second kappa shape index (κ2) is 4.11. The van der Waals surface area contributed by atoms with E-state index in [0.29, 0.717) is 5.57 Å². The molecule has 0 unspecified atom stereocenters. The molecule has 0 amide bonds. The zero-order valence-corrected chi connectivity index (χ0v) is 11.5. The zero-order valence-electron chi connectivity index (χ0n) is 11.5. The molecule has 0 spiro atoms. The van der Waals surface area contributed by atoms with Crippen molar-refractivity contribution in [3.8, 4) is 0 Å². The summed E-state index contributed by atoms with van der Waals surface area (Å²) in [5, 5.41) is 9.38. The van der Waals surface area contributed by atoms with E-state index in [1.807, 2.05) is 13.8 Å². The van der Waals surface area contributed by atoms with E-state index in [9.17, 15) is 9.90 Å². The molecule has 4 rings (SSSR count). The first-order chi connectivity index (χ1) is 8.47. The van der Waals surface area contributed by atoms with Crippen molar-refractivity contribution in [3.63, 3.8) is 0 Å². The van der Waals surface area contributed by atoms with Gasteiger partial charge in [-0.3, -0.25) is 0 Å². The fourth-order valence-electron chi connectivity index (χ4n) is 5.16. The van der Waals surface area contributed by atoms with E-state index in [1.54, 1.807) is 0 Å². The van der Waals surface area contributed by atoms with Crippen LogP contribution in [-0.2, 0) is 4.79 Å². The number of allylic oxidation sites excluding steroid dienone is 1. The monoisotopic (exact) mass is 248 g/mol. The average molecular weight is 248 g/mol. The van der Waals surface area contributed by atoms with Gasteiger partial charge in [0, 0.05) is 5.57 Å². The zero-order chi connectivity index (χ0) is 12.9. The highest BCUT2D eigenvalue weighted by Crippen LogP contribution is 2.60. The lowest BCUT2D eigenvalue weighted by Gasteiger charge is -2.56. The minimum absolute atomic E-state index is 0.135. The fraction of sp³-hybridized carbons (Fsp3) is 0.812. The largest absolute Gasteiger partial charge is 0.478 e. The molecule has 0 heterocycles. The molecule has 1 N–H and O–H groups in total. The lowest BCUT2D eigenvalue weighted by molar-refractivity contribution is -0.133. The van der Waals surface area contributed by atoms with Crippen LogP contribution in [-0.4, -0.2) is 11.1 Å². The molecule has 0 saturated heterocycles. The molecular formula is C16H24O2. The molecule has 0 atom stereocenters. The first-order valence-electron chi connectivity index (χ1n) is 7.43. The molecule has 2 nitrogen and oxygen atoms in total. The van der Waals surface area contributed by atoms with Gasteiger partial charge in [0.05, 0.1) is 0 Å². The Morgan fingerprint density at radius 2 is 1.56 bits per heavy atom. The van der Waals surface area contributed by atoms with Gasteiger partial charge in [0.1, 0.15) is 0 Å². The fourth-order valence-corrected chi connectivity index (χ4v) is 5.16. The van der Waals surface area contributed by atoms with Crippen molar-refractivity contribution in [2.75, 3.05) is 0 Å². The van der Waals surface area contributed by atoms with Crippen LogP contribution in [0.2, 0.25) is 0 Å².